The molecule has 6 nitrogen and oxygen atoms in total. The number of aromatic nitrogens is 1. The first-order valence-corrected chi connectivity index (χ1v) is 11.2. The van der Waals surface area contributed by atoms with Crippen molar-refractivity contribution in [2.75, 3.05) is 11.0 Å². The van der Waals surface area contributed by atoms with E-state index in [1.807, 2.05) is 0 Å². The number of anilines is 1. The molecule has 0 radical (unpaired) electrons. The number of hydrogen-bond donors (Lipinski definition) is 1. The van der Waals surface area contributed by atoms with Crippen LogP contribution in [0.1, 0.15) is 0 Å². The van der Waals surface area contributed by atoms with Gasteiger partial charge in [0.2, 0.25) is 14.2 Å². The lowest BCUT2D eigenvalue weighted by atomic mass is 10.3. The Morgan fingerprint density at radius 3 is 2.48 bits per heavy atom. The fourth-order valence-electron chi connectivity index (χ4n) is 2.03. The topological polar surface area (TPSA) is 93.2 Å². The number of fused-ring (bicyclic) bond motifs is 1. The monoisotopic (exact) mass is 420 g/mol. The summed E-state index contributed by atoms with van der Waals surface area (Å²) in [6.07, 6.45) is 1.05. The van der Waals surface area contributed by atoms with Crippen molar-refractivity contribution in [2.24, 2.45) is 0 Å². The molecule has 0 unspecified atom stereocenters. The van der Waals surface area contributed by atoms with E-state index in [2.05, 4.69) is 9.71 Å². The Morgan fingerprint density at radius 2 is 1.84 bits per heavy atom. The molecule has 0 fully saturated rings. The first-order valence-electron chi connectivity index (χ1n) is 6.65. The van der Waals surface area contributed by atoms with Gasteiger partial charge in [0.15, 0.2) is 0 Å². The molecule has 0 saturated heterocycles. The van der Waals surface area contributed by atoms with E-state index in [0.717, 1.165) is 35.8 Å². The highest BCUT2D eigenvalue weighted by atomic mass is 35.5. The fraction of sp³-hybridized carbons (Fsp3) is 0.0714. The molecule has 1 aromatic heterocycles. The van der Waals surface area contributed by atoms with Crippen LogP contribution in [0.5, 0.6) is 0 Å². The Balaban J connectivity index is 1.99. The maximum Gasteiger partial charge on any atom is 0.263 e. The normalized spacial score (nSPS) is 12.4. The summed E-state index contributed by atoms with van der Waals surface area (Å²) < 4.78 is 63.8. The van der Waals surface area contributed by atoms with Crippen molar-refractivity contribution in [1.82, 2.24) is 4.98 Å². The van der Waals surface area contributed by atoms with Crippen molar-refractivity contribution in [3.63, 3.8) is 0 Å². The first kappa shape index (κ1) is 18.1. The van der Waals surface area contributed by atoms with Gasteiger partial charge in [-0.15, -0.1) is 11.3 Å². The molecule has 0 aliphatic rings. The Kier molecular flexibility index (Phi) is 4.48. The predicted molar refractivity (Wildman–Crippen MR) is 94.9 cm³/mol. The van der Waals surface area contributed by atoms with Crippen molar-refractivity contribution in [3.8, 4) is 0 Å². The molecule has 0 saturated carbocycles. The van der Waals surface area contributed by atoms with Gasteiger partial charge in [0.1, 0.15) is 10.7 Å². The zero-order chi connectivity index (χ0) is 18.4. The smallest absolute Gasteiger partial charge is 0.263 e. The SMILES string of the molecule is CS(=O)(=O)c1nc2ccc(NS(=O)(=O)c3ccc(F)cc3Cl)cc2s1. The van der Waals surface area contributed by atoms with Crippen LogP contribution in [0.15, 0.2) is 45.6 Å². The molecular formula is C14H10ClFN2O4S3. The average molecular weight is 421 g/mol. The van der Waals surface area contributed by atoms with Crippen molar-refractivity contribution in [3.05, 3.63) is 47.2 Å². The third-order valence-electron chi connectivity index (χ3n) is 3.12. The molecule has 1 N–H and O–H groups in total. The van der Waals surface area contributed by atoms with E-state index in [9.17, 15) is 21.2 Å². The second-order valence-electron chi connectivity index (χ2n) is 5.11. The molecule has 3 rings (SSSR count). The highest BCUT2D eigenvalue weighted by Crippen LogP contribution is 2.30. The van der Waals surface area contributed by atoms with E-state index in [4.69, 9.17) is 11.6 Å². The number of nitrogens with one attached hydrogen (secondary N) is 1. The number of benzene rings is 2. The third-order valence-corrected chi connectivity index (χ3v) is 7.68. The molecule has 0 aliphatic carbocycles. The van der Waals surface area contributed by atoms with E-state index in [1.54, 1.807) is 0 Å². The molecule has 0 aliphatic heterocycles. The zero-order valence-electron chi connectivity index (χ0n) is 12.5. The van der Waals surface area contributed by atoms with Crippen molar-refractivity contribution in [1.29, 1.82) is 0 Å². The van der Waals surface area contributed by atoms with E-state index in [-0.39, 0.29) is 19.9 Å². The number of halogens is 2. The van der Waals surface area contributed by atoms with Crippen molar-refractivity contribution < 1.29 is 21.2 Å². The van der Waals surface area contributed by atoms with Gasteiger partial charge in [0.05, 0.1) is 20.9 Å². The number of nitrogens with zero attached hydrogens (tertiary/aromatic N) is 1. The van der Waals surface area contributed by atoms with Crippen LogP contribution in [0.25, 0.3) is 10.2 Å². The highest BCUT2D eigenvalue weighted by molar-refractivity contribution is 7.93. The number of thiazole rings is 1. The number of rotatable bonds is 4. The summed E-state index contributed by atoms with van der Waals surface area (Å²) >= 11 is 6.73. The van der Waals surface area contributed by atoms with E-state index in [1.165, 1.54) is 18.2 Å². The fourth-order valence-corrected chi connectivity index (χ4v) is 5.49. The molecule has 0 bridgehead atoms. The molecule has 11 heteroatoms. The first-order chi connectivity index (χ1) is 11.6. The largest absolute Gasteiger partial charge is 0.280 e. The van der Waals surface area contributed by atoms with Crippen LogP contribution in [-0.4, -0.2) is 28.1 Å². The summed E-state index contributed by atoms with van der Waals surface area (Å²) in [4.78, 5) is 3.73. The second-order valence-corrected chi connectivity index (χ2v) is 10.4. The highest BCUT2D eigenvalue weighted by Gasteiger charge is 2.20. The van der Waals surface area contributed by atoms with Crippen LogP contribution >= 0.6 is 22.9 Å². The van der Waals surface area contributed by atoms with Crippen molar-refractivity contribution in [2.45, 2.75) is 9.24 Å². The van der Waals surface area contributed by atoms with E-state index >= 15 is 0 Å². The zero-order valence-corrected chi connectivity index (χ0v) is 15.7. The van der Waals surface area contributed by atoms with Gasteiger partial charge in [-0.25, -0.2) is 26.2 Å². The van der Waals surface area contributed by atoms with E-state index < -0.39 is 25.7 Å². The lowest BCUT2D eigenvalue weighted by Crippen LogP contribution is -2.13. The van der Waals surface area contributed by atoms with Crippen LogP contribution in [0.4, 0.5) is 10.1 Å². The second kappa shape index (κ2) is 6.20. The Labute approximate surface area is 152 Å². The molecule has 3 aromatic rings. The predicted octanol–water partition coefficient (Wildman–Crippen LogP) is 3.29. The molecule has 132 valence electrons. The Hall–Kier alpha value is -1.75. The third kappa shape index (κ3) is 3.76. The summed E-state index contributed by atoms with van der Waals surface area (Å²) in [6.45, 7) is 0. The average Bonchev–Trinajstić information content (AvgIpc) is 2.89. The number of hydrogen-bond acceptors (Lipinski definition) is 6. The number of sulfonamides is 1. The molecule has 1 heterocycles. The summed E-state index contributed by atoms with van der Waals surface area (Å²) in [5, 5.41) is -0.245. The molecular weight excluding hydrogens is 411 g/mol. The molecule has 0 spiro atoms. The lowest BCUT2D eigenvalue weighted by molar-refractivity contribution is 0.598. The molecule has 0 atom stereocenters. The Bertz CT molecular complexity index is 1190. The Morgan fingerprint density at radius 1 is 1.12 bits per heavy atom. The van der Waals surface area contributed by atoms with Gasteiger partial charge in [0, 0.05) is 6.26 Å². The standard InChI is InChI=1S/C14H10ClFN2O4S3/c1-24(19,20)14-17-11-4-3-9(7-12(11)23-14)18-25(21,22)13-5-2-8(16)6-10(13)15/h2-7,18H,1H3. The van der Waals surface area contributed by atoms with Gasteiger partial charge in [-0.1, -0.05) is 11.6 Å². The van der Waals surface area contributed by atoms with Crippen molar-refractivity contribution >= 4 is 58.7 Å². The minimum atomic E-state index is -4.03. The maximum absolute atomic E-state index is 13.1. The van der Waals surface area contributed by atoms with Crippen LogP contribution in [0.3, 0.4) is 0 Å². The summed E-state index contributed by atoms with van der Waals surface area (Å²) in [5.41, 5.74) is 0.643. The molecule has 25 heavy (non-hydrogen) atoms. The van der Waals surface area contributed by atoms with Crippen LogP contribution in [0.2, 0.25) is 5.02 Å². The minimum Gasteiger partial charge on any atom is -0.280 e. The van der Waals surface area contributed by atoms with Gasteiger partial charge >= 0.3 is 0 Å². The lowest BCUT2D eigenvalue weighted by Gasteiger charge is -2.09. The maximum atomic E-state index is 13.1. The number of sulfone groups is 1. The van der Waals surface area contributed by atoms with Crippen LogP contribution in [-0.2, 0) is 19.9 Å². The van der Waals surface area contributed by atoms with Crippen LogP contribution in [0, 0.1) is 5.82 Å². The quantitative estimate of drug-likeness (QED) is 0.699. The van der Waals surface area contributed by atoms with Gasteiger partial charge in [0.25, 0.3) is 10.0 Å². The minimum absolute atomic E-state index is 0.0518. The van der Waals surface area contributed by atoms with Gasteiger partial charge < -0.3 is 0 Å². The van der Waals surface area contributed by atoms with E-state index in [0.29, 0.717) is 10.2 Å². The summed E-state index contributed by atoms with van der Waals surface area (Å²) in [6, 6.07) is 7.38. The van der Waals surface area contributed by atoms with Gasteiger partial charge in [-0.3, -0.25) is 4.72 Å². The summed E-state index contributed by atoms with van der Waals surface area (Å²) in [7, 11) is -7.48. The molecule has 0 amide bonds. The summed E-state index contributed by atoms with van der Waals surface area (Å²) in [5.74, 6) is -0.650. The van der Waals surface area contributed by atoms with Gasteiger partial charge in [-0.05, 0) is 36.4 Å². The molecule has 2 aromatic carbocycles. The van der Waals surface area contributed by atoms with Gasteiger partial charge in [-0.2, -0.15) is 0 Å². The van der Waals surface area contributed by atoms with Crippen LogP contribution < -0.4 is 4.72 Å².